The van der Waals surface area contributed by atoms with Crippen molar-refractivity contribution in [3.05, 3.63) is 29.8 Å². The van der Waals surface area contributed by atoms with Crippen molar-refractivity contribution in [2.75, 3.05) is 13.1 Å². The molecule has 2 aromatic rings. The maximum atomic E-state index is 4.64. The minimum Gasteiger partial charge on any atom is -0.317 e. The highest BCUT2D eigenvalue weighted by Crippen LogP contribution is 2.28. The molecule has 0 amide bonds. The maximum absolute atomic E-state index is 4.64. The van der Waals surface area contributed by atoms with Crippen LogP contribution >= 0.6 is 0 Å². The van der Waals surface area contributed by atoms with Gasteiger partial charge in [-0.3, -0.25) is 4.40 Å². The molecule has 0 saturated carbocycles. The fourth-order valence-corrected chi connectivity index (χ4v) is 2.74. The predicted molar refractivity (Wildman–Crippen MR) is 67.2 cm³/mol. The number of fused-ring (bicyclic) bond motifs is 1. The van der Waals surface area contributed by atoms with Crippen LogP contribution in [-0.4, -0.2) is 27.5 Å². The van der Waals surface area contributed by atoms with Gasteiger partial charge in [-0.15, -0.1) is 0 Å². The lowest BCUT2D eigenvalue weighted by Gasteiger charge is -2.23. The number of hydrogen-bond acceptors (Lipinski definition) is 3. The molecule has 3 rings (SSSR count). The van der Waals surface area contributed by atoms with Gasteiger partial charge in [-0.1, -0.05) is 6.92 Å². The molecule has 0 bridgehead atoms. The maximum Gasteiger partial charge on any atom is 0.234 e. The van der Waals surface area contributed by atoms with Gasteiger partial charge in [0.2, 0.25) is 5.78 Å². The van der Waals surface area contributed by atoms with Gasteiger partial charge in [0, 0.05) is 18.3 Å². The van der Waals surface area contributed by atoms with Crippen LogP contribution in [0, 0.1) is 0 Å². The molecule has 0 spiro atoms. The lowest BCUT2D eigenvalue weighted by molar-refractivity contribution is 0.449. The summed E-state index contributed by atoms with van der Waals surface area (Å²) in [6.07, 6.45) is 7.30. The first-order chi connectivity index (χ1) is 8.40. The van der Waals surface area contributed by atoms with Gasteiger partial charge in [0.15, 0.2) is 0 Å². The number of aryl methyl sites for hydroxylation is 1. The highest BCUT2D eigenvalue weighted by Gasteiger charge is 2.22. The Bertz CT molecular complexity index is 511. The molecular weight excluding hydrogens is 212 g/mol. The van der Waals surface area contributed by atoms with Crippen molar-refractivity contribution in [2.24, 2.45) is 0 Å². The molecule has 3 heterocycles. The van der Waals surface area contributed by atoms with Crippen LogP contribution in [0.4, 0.5) is 0 Å². The van der Waals surface area contributed by atoms with Crippen molar-refractivity contribution in [1.29, 1.82) is 0 Å². The quantitative estimate of drug-likeness (QED) is 0.854. The van der Waals surface area contributed by atoms with Crippen molar-refractivity contribution in [1.82, 2.24) is 19.7 Å². The van der Waals surface area contributed by atoms with Crippen molar-refractivity contribution < 1.29 is 0 Å². The first kappa shape index (κ1) is 10.7. The topological polar surface area (TPSA) is 42.2 Å². The highest BCUT2D eigenvalue weighted by atomic mass is 15.1. The summed E-state index contributed by atoms with van der Waals surface area (Å²) in [5, 5.41) is 3.42. The zero-order chi connectivity index (χ0) is 11.7. The molecule has 0 atom stereocenters. The number of imidazole rings is 1. The number of nitrogens with one attached hydrogen (secondary N) is 1. The van der Waals surface area contributed by atoms with Crippen LogP contribution in [0.3, 0.4) is 0 Å². The molecule has 90 valence electrons. The van der Waals surface area contributed by atoms with Gasteiger partial charge in [0.25, 0.3) is 0 Å². The standard InChI is InChI=1S/C13H18N4/c1-2-11-12(10-4-7-14-8-5-10)17-9-3-6-15-13(17)16-11/h3,6,9-10,14H,2,4-5,7-8H2,1H3. The van der Waals surface area contributed by atoms with Gasteiger partial charge in [-0.2, -0.15) is 0 Å². The summed E-state index contributed by atoms with van der Waals surface area (Å²) in [6.45, 7) is 4.40. The SMILES string of the molecule is CCc1nc2ncccn2c1C1CCNCC1. The third-order valence-electron chi connectivity index (χ3n) is 3.58. The van der Waals surface area contributed by atoms with E-state index in [1.807, 2.05) is 12.3 Å². The Morgan fingerprint density at radius 1 is 1.41 bits per heavy atom. The van der Waals surface area contributed by atoms with Crippen LogP contribution < -0.4 is 5.32 Å². The van der Waals surface area contributed by atoms with Gasteiger partial charge in [-0.25, -0.2) is 9.97 Å². The van der Waals surface area contributed by atoms with Crippen molar-refractivity contribution >= 4 is 5.78 Å². The van der Waals surface area contributed by atoms with E-state index in [9.17, 15) is 0 Å². The number of rotatable bonds is 2. The lowest BCUT2D eigenvalue weighted by Crippen LogP contribution is -2.27. The molecule has 2 aromatic heterocycles. The molecule has 0 aromatic carbocycles. The van der Waals surface area contributed by atoms with E-state index in [0.29, 0.717) is 5.92 Å². The first-order valence-corrected chi connectivity index (χ1v) is 6.42. The smallest absolute Gasteiger partial charge is 0.234 e. The Morgan fingerprint density at radius 2 is 2.24 bits per heavy atom. The summed E-state index contributed by atoms with van der Waals surface area (Å²) < 4.78 is 2.18. The van der Waals surface area contributed by atoms with Crippen molar-refractivity contribution in [2.45, 2.75) is 32.1 Å². The van der Waals surface area contributed by atoms with Gasteiger partial charge in [-0.05, 0) is 38.4 Å². The average molecular weight is 230 g/mol. The molecule has 1 saturated heterocycles. The molecule has 17 heavy (non-hydrogen) atoms. The Balaban J connectivity index is 2.11. The third-order valence-corrected chi connectivity index (χ3v) is 3.58. The fourth-order valence-electron chi connectivity index (χ4n) is 2.74. The van der Waals surface area contributed by atoms with Gasteiger partial charge < -0.3 is 5.32 Å². The van der Waals surface area contributed by atoms with E-state index in [1.54, 1.807) is 0 Å². The highest BCUT2D eigenvalue weighted by molar-refractivity contribution is 5.37. The van der Waals surface area contributed by atoms with Gasteiger partial charge in [0.1, 0.15) is 0 Å². The molecular formula is C13H18N4. The minimum atomic E-state index is 0.630. The average Bonchev–Trinajstić information content (AvgIpc) is 2.78. The number of nitrogens with zero attached hydrogens (tertiary/aromatic N) is 3. The van der Waals surface area contributed by atoms with E-state index in [2.05, 4.69) is 32.8 Å². The molecule has 1 aliphatic rings. The third kappa shape index (κ3) is 1.82. The molecule has 1 N–H and O–H groups in total. The van der Waals surface area contributed by atoms with Crippen LogP contribution in [0.25, 0.3) is 5.78 Å². The second-order valence-corrected chi connectivity index (χ2v) is 4.61. The summed E-state index contributed by atoms with van der Waals surface area (Å²) in [5.41, 5.74) is 2.60. The Morgan fingerprint density at radius 3 is 3.00 bits per heavy atom. The number of piperidine rings is 1. The minimum absolute atomic E-state index is 0.630. The van der Waals surface area contributed by atoms with Crippen LogP contribution in [0.2, 0.25) is 0 Å². The van der Waals surface area contributed by atoms with Crippen LogP contribution in [0.1, 0.15) is 37.1 Å². The summed E-state index contributed by atoms with van der Waals surface area (Å²) in [7, 11) is 0. The summed E-state index contributed by atoms with van der Waals surface area (Å²) >= 11 is 0. The van der Waals surface area contributed by atoms with Crippen molar-refractivity contribution in [3.8, 4) is 0 Å². The largest absolute Gasteiger partial charge is 0.317 e. The zero-order valence-electron chi connectivity index (χ0n) is 10.2. The Kier molecular flexibility index (Phi) is 2.81. The molecule has 1 aliphatic heterocycles. The van der Waals surface area contributed by atoms with Gasteiger partial charge in [0.05, 0.1) is 11.4 Å². The lowest BCUT2D eigenvalue weighted by atomic mass is 9.92. The zero-order valence-corrected chi connectivity index (χ0v) is 10.2. The van der Waals surface area contributed by atoms with Crippen LogP contribution in [-0.2, 0) is 6.42 Å². The molecule has 0 aliphatic carbocycles. The van der Waals surface area contributed by atoms with E-state index < -0.39 is 0 Å². The monoisotopic (exact) mass is 230 g/mol. The van der Waals surface area contributed by atoms with Gasteiger partial charge >= 0.3 is 0 Å². The number of aromatic nitrogens is 3. The predicted octanol–water partition coefficient (Wildman–Crippen LogP) is 1.76. The van der Waals surface area contributed by atoms with Crippen LogP contribution in [0.15, 0.2) is 18.5 Å². The molecule has 0 unspecified atom stereocenters. The Labute approximate surface area is 101 Å². The molecule has 4 nitrogen and oxygen atoms in total. The first-order valence-electron chi connectivity index (χ1n) is 6.42. The second-order valence-electron chi connectivity index (χ2n) is 4.61. The van der Waals surface area contributed by atoms with E-state index in [1.165, 1.54) is 24.2 Å². The van der Waals surface area contributed by atoms with Crippen LogP contribution in [0.5, 0.6) is 0 Å². The normalized spacial score (nSPS) is 17.7. The summed E-state index contributed by atoms with van der Waals surface area (Å²) in [5.74, 6) is 1.48. The molecule has 1 fully saturated rings. The summed E-state index contributed by atoms with van der Waals surface area (Å²) in [6, 6.07) is 1.98. The molecule has 0 radical (unpaired) electrons. The van der Waals surface area contributed by atoms with E-state index >= 15 is 0 Å². The molecule has 4 heteroatoms. The second kappa shape index (κ2) is 4.45. The van der Waals surface area contributed by atoms with E-state index in [0.717, 1.165) is 25.3 Å². The van der Waals surface area contributed by atoms with E-state index in [4.69, 9.17) is 0 Å². The van der Waals surface area contributed by atoms with E-state index in [-0.39, 0.29) is 0 Å². The Hall–Kier alpha value is -1.42. The number of hydrogen-bond donors (Lipinski definition) is 1. The fraction of sp³-hybridized carbons (Fsp3) is 0.538. The van der Waals surface area contributed by atoms with Crippen molar-refractivity contribution in [3.63, 3.8) is 0 Å². The summed E-state index contributed by atoms with van der Waals surface area (Å²) in [4.78, 5) is 8.98.